The van der Waals surface area contributed by atoms with Gasteiger partial charge < -0.3 is 15.8 Å². The first-order chi connectivity index (χ1) is 10.1. The van der Waals surface area contributed by atoms with Crippen LogP contribution in [0.5, 0.6) is 0 Å². The Balaban J connectivity index is 1.93. The van der Waals surface area contributed by atoms with Crippen molar-refractivity contribution in [1.82, 2.24) is 4.90 Å². The molecule has 116 valence electrons. The quantitative estimate of drug-likeness (QED) is 0.379. The molecule has 1 aliphatic rings. The predicted octanol–water partition coefficient (Wildman–Crippen LogP) is 2.38. The zero-order valence-electron chi connectivity index (χ0n) is 12.4. The van der Waals surface area contributed by atoms with Crippen LogP contribution in [0.25, 0.3) is 0 Å². The summed E-state index contributed by atoms with van der Waals surface area (Å²) in [5.74, 6) is 0.305. The second kappa shape index (κ2) is 7.52. The number of halogens is 1. The Hall–Kier alpha value is -1.46. The Kier molecular flexibility index (Phi) is 5.70. The van der Waals surface area contributed by atoms with Crippen LogP contribution in [0.4, 0.5) is 5.69 Å². The first kappa shape index (κ1) is 15.9. The first-order valence-electron chi connectivity index (χ1n) is 7.35. The van der Waals surface area contributed by atoms with E-state index in [-0.39, 0.29) is 0 Å². The first-order valence-corrected chi connectivity index (χ1v) is 7.72. The van der Waals surface area contributed by atoms with Gasteiger partial charge in [-0.25, -0.2) is 0 Å². The van der Waals surface area contributed by atoms with Gasteiger partial charge in [0.05, 0.1) is 0 Å². The molecule has 0 bridgehead atoms. The summed E-state index contributed by atoms with van der Waals surface area (Å²) in [7, 11) is 0. The number of anilines is 1. The number of benzene rings is 1. The summed E-state index contributed by atoms with van der Waals surface area (Å²) >= 11 is 6.05. The van der Waals surface area contributed by atoms with E-state index in [0.29, 0.717) is 18.3 Å². The van der Waals surface area contributed by atoms with Crippen molar-refractivity contribution in [3.63, 3.8) is 0 Å². The average Bonchev–Trinajstić information content (AvgIpc) is 2.52. The summed E-state index contributed by atoms with van der Waals surface area (Å²) in [6.07, 6.45) is 1.61. The third-order valence-electron chi connectivity index (χ3n) is 4.05. The van der Waals surface area contributed by atoms with E-state index in [1.807, 2.05) is 18.2 Å². The number of nitrogens with zero attached hydrogens (tertiary/aromatic N) is 3. The summed E-state index contributed by atoms with van der Waals surface area (Å²) in [6, 6.07) is 8.31. The van der Waals surface area contributed by atoms with E-state index in [1.165, 1.54) is 5.69 Å². The van der Waals surface area contributed by atoms with Gasteiger partial charge in [0.15, 0.2) is 0 Å². The number of oxime groups is 1. The molecule has 3 N–H and O–H groups in total. The largest absolute Gasteiger partial charge is 0.409 e. The van der Waals surface area contributed by atoms with Crippen LogP contribution in [0.15, 0.2) is 29.4 Å². The molecule has 1 saturated heterocycles. The lowest BCUT2D eigenvalue weighted by Crippen LogP contribution is -2.51. The number of hydrogen-bond acceptors (Lipinski definition) is 4. The van der Waals surface area contributed by atoms with Crippen LogP contribution >= 0.6 is 11.6 Å². The Morgan fingerprint density at radius 1 is 1.38 bits per heavy atom. The molecular weight excluding hydrogens is 288 g/mol. The minimum atomic E-state index is 0.305. The highest BCUT2D eigenvalue weighted by Gasteiger charge is 2.23. The number of piperazine rings is 1. The van der Waals surface area contributed by atoms with Crippen molar-refractivity contribution in [2.45, 2.75) is 25.8 Å². The maximum Gasteiger partial charge on any atom is 0.140 e. The van der Waals surface area contributed by atoms with Crippen LogP contribution in [-0.2, 0) is 0 Å². The number of amidine groups is 1. The van der Waals surface area contributed by atoms with Crippen LogP contribution in [0.2, 0.25) is 5.02 Å². The van der Waals surface area contributed by atoms with Gasteiger partial charge in [0.1, 0.15) is 5.84 Å². The molecule has 5 nitrogen and oxygen atoms in total. The zero-order chi connectivity index (χ0) is 15.2. The van der Waals surface area contributed by atoms with Crippen molar-refractivity contribution in [3.8, 4) is 0 Å². The van der Waals surface area contributed by atoms with Gasteiger partial charge in [0.25, 0.3) is 0 Å². The molecule has 1 aromatic carbocycles. The van der Waals surface area contributed by atoms with Crippen LogP contribution in [-0.4, -0.2) is 48.2 Å². The van der Waals surface area contributed by atoms with E-state index < -0.39 is 0 Å². The summed E-state index contributed by atoms with van der Waals surface area (Å²) in [4.78, 5) is 4.76. The summed E-state index contributed by atoms with van der Waals surface area (Å²) in [5.41, 5.74) is 6.81. The Labute approximate surface area is 131 Å². The lowest BCUT2D eigenvalue weighted by atomic mass is 10.1. The molecule has 1 unspecified atom stereocenters. The molecule has 0 aliphatic carbocycles. The van der Waals surface area contributed by atoms with Gasteiger partial charge in [0.2, 0.25) is 0 Å². The SMILES string of the molecule is CCC(C/C(N)=N/O)N1CCN(c2cccc(Cl)c2)CC1. The maximum atomic E-state index is 8.72. The average molecular weight is 311 g/mol. The molecule has 0 aromatic heterocycles. The summed E-state index contributed by atoms with van der Waals surface area (Å²) < 4.78 is 0. The van der Waals surface area contributed by atoms with Crippen molar-refractivity contribution in [1.29, 1.82) is 0 Å². The van der Waals surface area contributed by atoms with Gasteiger partial charge in [-0.15, -0.1) is 0 Å². The molecule has 1 aliphatic heterocycles. The second-order valence-corrected chi connectivity index (χ2v) is 5.80. The fourth-order valence-electron chi connectivity index (χ4n) is 2.83. The molecule has 1 fully saturated rings. The van der Waals surface area contributed by atoms with E-state index >= 15 is 0 Å². The molecule has 1 atom stereocenters. The minimum absolute atomic E-state index is 0.305. The predicted molar refractivity (Wildman–Crippen MR) is 87.3 cm³/mol. The lowest BCUT2D eigenvalue weighted by Gasteiger charge is -2.40. The van der Waals surface area contributed by atoms with Crippen LogP contribution in [0.3, 0.4) is 0 Å². The smallest absolute Gasteiger partial charge is 0.140 e. The van der Waals surface area contributed by atoms with Gasteiger partial charge in [-0.2, -0.15) is 0 Å². The molecule has 6 heteroatoms. The van der Waals surface area contributed by atoms with Crippen molar-refractivity contribution >= 4 is 23.1 Å². The standard InChI is InChI=1S/C15H23ClN4O/c1-2-13(11-15(17)18-21)19-6-8-20(9-7-19)14-5-3-4-12(16)10-14/h3-5,10,13,21H,2,6-9,11H2,1H3,(H2,17,18). The number of rotatable bonds is 5. The lowest BCUT2D eigenvalue weighted by molar-refractivity contribution is 0.182. The highest BCUT2D eigenvalue weighted by Crippen LogP contribution is 2.22. The van der Waals surface area contributed by atoms with E-state index in [4.69, 9.17) is 22.5 Å². The molecule has 1 aromatic rings. The molecule has 0 radical (unpaired) electrons. The minimum Gasteiger partial charge on any atom is -0.409 e. The van der Waals surface area contributed by atoms with E-state index in [2.05, 4.69) is 27.9 Å². The maximum absolute atomic E-state index is 8.72. The van der Waals surface area contributed by atoms with Gasteiger partial charge in [-0.3, -0.25) is 4.90 Å². The van der Waals surface area contributed by atoms with E-state index in [1.54, 1.807) is 0 Å². The molecule has 0 spiro atoms. The number of nitrogens with two attached hydrogens (primary N) is 1. The fraction of sp³-hybridized carbons (Fsp3) is 0.533. The third kappa shape index (κ3) is 4.25. The molecule has 0 saturated carbocycles. The van der Waals surface area contributed by atoms with Gasteiger partial charge in [-0.1, -0.05) is 29.7 Å². The second-order valence-electron chi connectivity index (χ2n) is 5.36. The van der Waals surface area contributed by atoms with E-state index in [9.17, 15) is 0 Å². The molecule has 0 amide bonds. The molecule has 2 rings (SSSR count). The van der Waals surface area contributed by atoms with Crippen molar-refractivity contribution in [2.75, 3.05) is 31.1 Å². The normalized spacial score (nSPS) is 18.8. The number of hydrogen-bond donors (Lipinski definition) is 2. The highest BCUT2D eigenvalue weighted by atomic mass is 35.5. The van der Waals surface area contributed by atoms with Crippen LogP contribution in [0, 0.1) is 0 Å². The van der Waals surface area contributed by atoms with Gasteiger partial charge >= 0.3 is 0 Å². The molecule has 1 heterocycles. The fourth-order valence-corrected chi connectivity index (χ4v) is 3.02. The Morgan fingerprint density at radius 3 is 2.67 bits per heavy atom. The Bertz CT molecular complexity index is 486. The van der Waals surface area contributed by atoms with Gasteiger partial charge in [0, 0.05) is 49.4 Å². The summed E-state index contributed by atoms with van der Waals surface area (Å²) in [6.45, 7) is 6.02. The molecular formula is C15H23ClN4O. The van der Waals surface area contributed by atoms with Crippen LogP contribution < -0.4 is 10.6 Å². The highest BCUT2D eigenvalue weighted by molar-refractivity contribution is 6.30. The van der Waals surface area contributed by atoms with Gasteiger partial charge in [-0.05, 0) is 24.6 Å². The van der Waals surface area contributed by atoms with Crippen LogP contribution in [0.1, 0.15) is 19.8 Å². The van der Waals surface area contributed by atoms with Crippen molar-refractivity contribution < 1.29 is 5.21 Å². The molecule has 21 heavy (non-hydrogen) atoms. The van der Waals surface area contributed by atoms with Crippen molar-refractivity contribution in [2.24, 2.45) is 10.9 Å². The zero-order valence-corrected chi connectivity index (χ0v) is 13.1. The van der Waals surface area contributed by atoms with E-state index in [0.717, 1.165) is 37.6 Å². The third-order valence-corrected chi connectivity index (χ3v) is 4.28. The topological polar surface area (TPSA) is 65.1 Å². The Morgan fingerprint density at radius 2 is 2.10 bits per heavy atom. The van der Waals surface area contributed by atoms with Crippen molar-refractivity contribution in [3.05, 3.63) is 29.3 Å². The summed E-state index contributed by atoms with van der Waals surface area (Å²) in [5, 5.41) is 12.6. The monoisotopic (exact) mass is 310 g/mol.